The molecule has 0 fully saturated rings. The van der Waals surface area contributed by atoms with Gasteiger partial charge in [0.2, 0.25) is 0 Å². The highest BCUT2D eigenvalue weighted by Crippen LogP contribution is 1.93. The van der Waals surface area contributed by atoms with Crippen molar-refractivity contribution in [2.24, 2.45) is 5.92 Å². The first-order chi connectivity index (χ1) is 4.77. The minimum Gasteiger partial charge on any atom is -0.242 e. The van der Waals surface area contributed by atoms with Gasteiger partial charge in [-0.1, -0.05) is 33.6 Å². The van der Waals surface area contributed by atoms with Crippen molar-refractivity contribution in [2.45, 2.75) is 40.0 Å². The van der Waals surface area contributed by atoms with Gasteiger partial charge in [0.05, 0.1) is 0 Å². The first-order valence-electron chi connectivity index (χ1n) is 4.40. The lowest BCUT2D eigenvalue weighted by molar-refractivity contribution is 0.525. The van der Waals surface area contributed by atoms with E-state index in [1.807, 2.05) is 0 Å². The average molecular weight is 142 g/mol. The molecule has 0 aliphatic carbocycles. The van der Waals surface area contributed by atoms with Crippen molar-refractivity contribution < 1.29 is 0 Å². The second-order valence-corrected chi connectivity index (χ2v) is 3.23. The van der Waals surface area contributed by atoms with E-state index in [9.17, 15) is 0 Å². The van der Waals surface area contributed by atoms with Crippen LogP contribution in [-0.2, 0) is 0 Å². The number of unbranched alkanes of at least 4 members (excludes halogenated alkanes) is 2. The van der Waals surface area contributed by atoms with Gasteiger partial charge < -0.3 is 0 Å². The van der Waals surface area contributed by atoms with Gasteiger partial charge in [0.25, 0.3) is 0 Å². The molecule has 1 nitrogen and oxygen atoms in total. The van der Waals surface area contributed by atoms with Gasteiger partial charge >= 0.3 is 0 Å². The fourth-order valence-electron chi connectivity index (χ4n) is 0.823. The highest BCUT2D eigenvalue weighted by atomic mass is 14.8. The molecule has 0 amide bonds. The zero-order chi connectivity index (χ0) is 7.82. The van der Waals surface area contributed by atoms with Crippen LogP contribution in [0, 0.1) is 5.92 Å². The average Bonchev–Trinajstić information content (AvgIpc) is 1.87. The maximum Gasteiger partial charge on any atom is 0.0156 e. The molecule has 0 aliphatic rings. The fourth-order valence-corrected chi connectivity index (χ4v) is 0.823. The molecule has 0 aromatic carbocycles. The van der Waals surface area contributed by atoms with Crippen LogP contribution >= 0.6 is 0 Å². The summed E-state index contributed by atoms with van der Waals surface area (Å²) in [6, 6.07) is 0. The molecule has 0 atom stereocenters. The lowest BCUT2D eigenvalue weighted by atomic mass is 10.2. The van der Waals surface area contributed by atoms with Gasteiger partial charge in [-0.25, -0.2) is 5.32 Å². The predicted molar refractivity (Wildman–Crippen MR) is 46.2 cm³/mol. The molecule has 0 aromatic rings. The molecule has 10 heavy (non-hydrogen) atoms. The van der Waals surface area contributed by atoms with Crippen molar-refractivity contribution in [1.82, 2.24) is 5.32 Å². The molecular formula is C9H20N. The Kier molecular flexibility index (Phi) is 7.04. The van der Waals surface area contributed by atoms with Crippen LogP contribution in [0.3, 0.4) is 0 Å². The Morgan fingerprint density at radius 1 is 1.20 bits per heavy atom. The third kappa shape index (κ3) is 7.96. The topological polar surface area (TPSA) is 14.1 Å². The maximum absolute atomic E-state index is 4.41. The van der Waals surface area contributed by atoms with E-state index < -0.39 is 0 Å². The van der Waals surface area contributed by atoms with Gasteiger partial charge in [-0.2, -0.15) is 0 Å². The largest absolute Gasteiger partial charge is 0.242 e. The monoisotopic (exact) mass is 142 g/mol. The number of rotatable bonds is 6. The van der Waals surface area contributed by atoms with Gasteiger partial charge in [0.15, 0.2) is 0 Å². The van der Waals surface area contributed by atoms with E-state index in [2.05, 4.69) is 26.1 Å². The van der Waals surface area contributed by atoms with Crippen LogP contribution in [0.15, 0.2) is 0 Å². The van der Waals surface area contributed by atoms with Crippen LogP contribution in [0.2, 0.25) is 0 Å². The Balaban J connectivity index is 2.77. The van der Waals surface area contributed by atoms with Gasteiger partial charge in [-0.15, -0.1) is 0 Å². The molecular weight excluding hydrogens is 122 g/mol. The molecule has 0 saturated carbocycles. The fraction of sp³-hybridized carbons (Fsp3) is 1.00. The van der Waals surface area contributed by atoms with E-state index in [4.69, 9.17) is 0 Å². The van der Waals surface area contributed by atoms with Crippen molar-refractivity contribution in [3.63, 3.8) is 0 Å². The number of hydrogen-bond acceptors (Lipinski definition) is 0. The molecule has 0 aromatic heterocycles. The van der Waals surface area contributed by atoms with Crippen LogP contribution in [-0.4, -0.2) is 13.1 Å². The van der Waals surface area contributed by atoms with Crippen molar-refractivity contribution in [2.75, 3.05) is 13.1 Å². The summed E-state index contributed by atoms with van der Waals surface area (Å²) in [5, 5.41) is 4.41. The number of nitrogens with zero attached hydrogens (tertiary/aromatic N) is 1. The second-order valence-electron chi connectivity index (χ2n) is 3.23. The summed E-state index contributed by atoms with van der Waals surface area (Å²) in [4.78, 5) is 0. The second kappa shape index (κ2) is 7.07. The molecule has 0 spiro atoms. The number of hydrogen-bond donors (Lipinski definition) is 0. The van der Waals surface area contributed by atoms with E-state index in [1.54, 1.807) is 0 Å². The normalized spacial score (nSPS) is 10.8. The molecule has 1 radical (unpaired) electrons. The summed E-state index contributed by atoms with van der Waals surface area (Å²) >= 11 is 0. The van der Waals surface area contributed by atoms with Crippen molar-refractivity contribution in [3.05, 3.63) is 0 Å². The van der Waals surface area contributed by atoms with Crippen LogP contribution in [0.25, 0.3) is 0 Å². The van der Waals surface area contributed by atoms with Gasteiger partial charge in [0, 0.05) is 13.1 Å². The Hall–Kier alpha value is -0.0400. The molecule has 0 rings (SSSR count). The summed E-state index contributed by atoms with van der Waals surface area (Å²) in [7, 11) is 0. The van der Waals surface area contributed by atoms with Crippen LogP contribution in [0.5, 0.6) is 0 Å². The van der Waals surface area contributed by atoms with Crippen LogP contribution in [0.1, 0.15) is 40.0 Å². The Morgan fingerprint density at radius 3 is 2.40 bits per heavy atom. The standard InChI is InChI=1S/C9H20N/c1-4-5-6-7-10-8-9(2)3/h9H,4-8H2,1-3H3. The summed E-state index contributed by atoms with van der Waals surface area (Å²) in [5.41, 5.74) is 0. The van der Waals surface area contributed by atoms with Gasteiger partial charge in [-0.3, -0.25) is 0 Å². The van der Waals surface area contributed by atoms with Crippen molar-refractivity contribution in [1.29, 1.82) is 0 Å². The minimum absolute atomic E-state index is 0.738. The smallest absolute Gasteiger partial charge is 0.0156 e. The van der Waals surface area contributed by atoms with Gasteiger partial charge in [-0.05, 0) is 12.3 Å². The summed E-state index contributed by atoms with van der Waals surface area (Å²) in [5.74, 6) is 0.738. The SMILES string of the molecule is CCCCC[N]CC(C)C. The highest BCUT2D eigenvalue weighted by Gasteiger charge is 1.92. The molecule has 0 unspecified atom stereocenters. The maximum atomic E-state index is 4.41. The van der Waals surface area contributed by atoms with E-state index in [-0.39, 0.29) is 0 Å². The zero-order valence-corrected chi connectivity index (χ0v) is 7.56. The van der Waals surface area contributed by atoms with Gasteiger partial charge in [0.1, 0.15) is 0 Å². The van der Waals surface area contributed by atoms with E-state index >= 15 is 0 Å². The third-order valence-electron chi connectivity index (χ3n) is 1.41. The summed E-state index contributed by atoms with van der Waals surface area (Å²) < 4.78 is 0. The quantitative estimate of drug-likeness (QED) is 0.506. The molecule has 0 bridgehead atoms. The van der Waals surface area contributed by atoms with Crippen molar-refractivity contribution in [3.8, 4) is 0 Å². The zero-order valence-electron chi connectivity index (χ0n) is 7.56. The molecule has 0 saturated heterocycles. The lowest BCUT2D eigenvalue weighted by Gasteiger charge is -2.03. The predicted octanol–water partition coefficient (Wildman–Crippen LogP) is 2.44. The summed E-state index contributed by atoms with van der Waals surface area (Å²) in [6.45, 7) is 8.77. The Bertz CT molecular complexity index is 59.7. The molecule has 0 N–H and O–H groups in total. The molecule has 0 heterocycles. The molecule has 0 aliphatic heterocycles. The van der Waals surface area contributed by atoms with E-state index in [0.717, 1.165) is 19.0 Å². The Labute approximate surface area is 65.2 Å². The molecule has 1 heteroatoms. The highest BCUT2D eigenvalue weighted by molar-refractivity contribution is 4.50. The third-order valence-corrected chi connectivity index (χ3v) is 1.41. The van der Waals surface area contributed by atoms with E-state index in [0.29, 0.717) is 0 Å². The first kappa shape index (κ1) is 9.96. The van der Waals surface area contributed by atoms with Crippen LogP contribution in [0.4, 0.5) is 0 Å². The summed E-state index contributed by atoms with van der Waals surface area (Å²) in [6.07, 6.45) is 3.92. The van der Waals surface area contributed by atoms with E-state index in [1.165, 1.54) is 19.3 Å². The minimum atomic E-state index is 0.738. The molecule has 61 valence electrons. The van der Waals surface area contributed by atoms with Crippen molar-refractivity contribution >= 4 is 0 Å². The van der Waals surface area contributed by atoms with Crippen LogP contribution < -0.4 is 5.32 Å². The Morgan fingerprint density at radius 2 is 1.90 bits per heavy atom. The first-order valence-corrected chi connectivity index (χ1v) is 4.40. The lowest BCUT2D eigenvalue weighted by Crippen LogP contribution is -2.12.